The lowest BCUT2D eigenvalue weighted by Crippen LogP contribution is -2.45. The SMILES string of the molecule is CCCC(=O)Nc1cccc(C(=O)NN2C(=O)c3ccccc3C2=O)c1. The number of hydrogen-bond donors (Lipinski definition) is 2. The van der Waals surface area contributed by atoms with Crippen LogP contribution in [0.15, 0.2) is 48.5 Å². The van der Waals surface area contributed by atoms with Crippen LogP contribution in [0.4, 0.5) is 5.69 Å². The average molecular weight is 351 g/mol. The Labute approximate surface area is 150 Å². The minimum Gasteiger partial charge on any atom is -0.326 e. The number of nitrogens with zero attached hydrogens (tertiary/aromatic N) is 1. The van der Waals surface area contributed by atoms with Crippen molar-refractivity contribution in [1.82, 2.24) is 10.4 Å². The molecule has 0 saturated carbocycles. The molecule has 2 N–H and O–H groups in total. The first-order valence-electron chi connectivity index (χ1n) is 8.20. The Morgan fingerprint density at radius 2 is 1.62 bits per heavy atom. The van der Waals surface area contributed by atoms with Crippen molar-refractivity contribution in [3.63, 3.8) is 0 Å². The molecular weight excluding hydrogens is 334 g/mol. The summed E-state index contributed by atoms with van der Waals surface area (Å²) in [4.78, 5) is 48.7. The van der Waals surface area contributed by atoms with Gasteiger partial charge < -0.3 is 5.32 Å². The molecule has 7 nitrogen and oxygen atoms in total. The van der Waals surface area contributed by atoms with Gasteiger partial charge in [0.25, 0.3) is 17.7 Å². The van der Waals surface area contributed by atoms with Crippen LogP contribution in [0.25, 0.3) is 0 Å². The standard InChI is InChI=1S/C19H17N3O4/c1-2-6-16(23)20-13-8-5-7-12(11-13)17(24)21-22-18(25)14-9-3-4-10-15(14)19(22)26/h3-5,7-11H,2,6H2,1H3,(H,20,23)(H,21,24). The second-order valence-corrected chi connectivity index (χ2v) is 5.81. The maximum atomic E-state index is 12.4. The molecule has 0 unspecified atom stereocenters. The zero-order chi connectivity index (χ0) is 18.7. The van der Waals surface area contributed by atoms with Gasteiger partial charge >= 0.3 is 0 Å². The van der Waals surface area contributed by atoms with Crippen LogP contribution in [0.3, 0.4) is 0 Å². The number of carbonyl (C=O) groups is 4. The van der Waals surface area contributed by atoms with Crippen molar-refractivity contribution in [2.75, 3.05) is 5.32 Å². The van der Waals surface area contributed by atoms with E-state index in [2.05, 4.69) is 10.7 Å². The van der Waals surface area contributed by atoms with E-state index in [0.29, 0.717) is 23.5 Å². The van der Waals surface area contributed by atoms with E-state index in [0.717, 1.165) is 0 Å². The van der Waals surface area contributed by atoms with E-state index in [1.807, 2.05) is 6.92 Å². The van der Waals surface area contributed by atoms with E-state index in [1.54, 1.807) is 24.3 Å². The Morgan fingerprint density at radius 1 is 0.962 bits per heavy atom. The second-order valence-electron chi connectivity index (χ2n) is 5.81. The number of anilines is 1. The third-order valence-corrected chi connectivity index (χ3v) is 3.89. The molecule has 0 radical (unpaired) electrons. The molecule has 0 spiro atoms. The molecule has 132 valence electrons. The zero-order valence-corrected chi connectivity index (χ0v) is 14.1. The van der Waals surface area contributed by atoms with Gasteiger partial charge in [-0.15, -0.1) is 0 Å². The maximum Gasteiger partial charge on any atom is 0.280 e. The normalized spacial score (nSPS) is 12.7. The highest BCUT2D eigenvalue weighted by Crippen LogP contribution is 2.21. The molecule has 3 rings (SSSR count). The van der Waals surface area contributed by atoms with Gasteiger partial charge in [-0.05, 0) is 36.8 Å². The molecule has 0 atom stereocenters. The van der Waals surface area contributed by atoms with Crippen LogP contribution in [0.1, 0.15) is 50.8 Å². The van der Waals surface area contributed by atoms with Crippen molar-refractivity contribution < 1.29 is 19.2 Å². The number of amides is 4. The lowest BCUT2D eigenvalue weighted by Gasteiger charge is -2.15. The number of imide groups is 1. The number of benzene rings is 2. The summed E-state index contributed by atoms with van der Waals surface area (Å²) in [6, 6.07) is 12.7. The van der Waals surface area contributed by atoms with Gasteiger partial charge in [-0.2, -0.15) is 5.01 Å². The van der Waals surface area contributed by atoms with Gasteiger partial charge in [-0.1, -0.05) is 25.1 Å². The molecule has 0 aromatic heterocycles. The molecule has 4 amide bonds. The van der Waals surface area contributed by atoms with Gasteiger partial charge in [0.1, 0.15) is 0 Å². The van der Waals surface area contributed by atoms with E-state index in [-0.39, 0.29) is 22.6 Å². The number of hydrogen-bond acceptors (Lipinski definition) is 4. The molecule has 1 aliphatic heterocycles. The molecule has 26 heavy (non-hydrogen) atoms. The van der Waals surface area contributed by atoms with Gasteiger partial charge in [-0.3, -0.25) is 24.6 Å². The third kappa shape index (κ3) is 3.32. The van der Waals surface area contributed by atoms with Crippen molar-refractivity contribution in [2.24, 2.45) is 0 Å². The van der Waals surface area contributed by atoms with Crippen molar-refractivity contribution in [3.05, 3.63) is 65.2 Å². The van der Waals surface area contributed by atoms with Crippen LogP contribution in [-0.4, -0.2) is 28.6 Å². The first kappa shape index (κ1) is 17.3. The van der Waals surface area contributed by atoms with Crippen LogP contribution in [0, 0.1) is 0 Å². The Hall–Kier alpha value is -3.48. The van der Waals surface area contributed by atoms with Gasteiger partial charge in [0.2, 0.25) is 5.91 Å². The first-order chi connectivity index (χ1) is 12.5. The Morgan fingerprint density at radius 3 is 2.23 bits per heavy atom. The number of fused-ring (bicyclic) bond motifs is 1. The number of nitrogens with one attached hydrogen (secondary N) is 2. The largest absolute Gasteiger partial charge is 0.326 e. The minimum atomic E-state index is -0.619. The minimum absolute atomic E-state index is 0.148. The van der Waals surface area contributed by atoms with Crippen molar-refractivity contribution in [1.29, 1.82) is 0 Å². The molecule has 1 aliphatic rings. The Balaban J connectivity index is 1.74. The molecule has 2 aromatic carbocycles. The molecule has 0 fully saturated rings. The fraction of sp³-hybridized carbons (Fsp3) is 0.158. The summed E-state index contributed by atoms with van der Waals surface area (Å²) in [5.74, 6) is -1.92. The predicted molar refractivity (Wildman–Crippen MR) is 94.4 cm³/mol. The fourth-order valence-electron chi connectivity index (χ4n) is 2.65. The molecular formula is C19H17N3O4. The van der Waals surface area contributed by atoms with Gasteiger partial charge in [0, 0.05) is 17.7 Å². The van der Waals surface area contributed by atoms with Crippen LogP contribution in [0.2, 0.25) is 0 Å². The zero-order valence-electron chi connectivity index (χ0n) is 14.1. The summed E-state index contributed by atoms with van der Waals surface area (Å²) in [7, 11) is 0. The van der Waals surface area contributed by atoms with Crippen LogP contribution >= 0.6 is 0 Å². The summed E-state index contributed by atoms with van der Waals surface area (Å²) in [5.41, 5.74) is 3.52. The summed E-state index contributed by atoms with van der Waals surface area (Å²) < 4.78 is 0. The van der Waals surface area contributed by atoms with Gasteiger partial charge in [0.05, 0.1) is 11.1 Å². The third-order valence-electron chi connectivity index (χ3n) is 3.89. The highest BCUT2D eigenvalue weighted by Gasteiger charge is 2.36. The van der Waals surface area contributed by atoms with Crippen molar-refractivity contribution >= 4 is 29.3 Å². The topological polar surface area (TPSA) is 95.6 Å². The lowest BCUT2D eigenvalue weighted by molar-refractivity contribution is -0.116. The average Bonchev–Trinajstić information content (AvgIpc) is 2.87. The van der Waals surface area contributed by atoms with Crippen LogP contribution in [-0.2, 0) is 4.79 Å². The summed E-state index contributed by atoms with van der Waals surface area (Å²) in [6.45, 7) is 1.89. The molecule has 7 heteroatoms. The van der Waals surface area contributed by atoms with Gasteiger partial charge in [0.15, 0.2) is 0 Å². The highest BCUT2D eigenvalue weighted by molar-refractivity contribution is 6.22. The van der Waals surface area contributed by atoms with Gasteiger partial charge in [-0.25, -0.2) is 0 Å². The maximum absolute atomic E-state index is 12.4. The monoisotopic (exact) mass is 351 g/mol. The first-order valence-corrected chi connectivity index (χ1v) is 8.20. The summed E-state index contributed by atoms with van der Waals surface area (Å²) in [6.07, 6.45) is 1.09. The second kappa shape index (κ2) is 7.18. The fourth-order valence-corrected chi connectivity index (χ4v) is 2.65. The lowest BCUT2D eigenvalue weighted by atomic mass is 10.1. The predicted octanol–water partition coefficient (Wildman–Crippen LogP) is 2.37. The number of rotatable bonds is 5. The number of hydrazine groups is 1. The van der Waals surface area contributed by atoms with E-state index in [4.69, 9.17) is 0 Å². The summed E-state index contributed by atoms with van der Waals surface area (Å²) in [5, 5.41) is 3.40. The Kier molecular flexibility index (Phi) is 4.79. The molecule has 0 bridgehead atoms. The Bertz CT molecular complexity index is 872. The van der Waals surface area contributed by atoms with E-state index in [1.165, 1.54) is 24.3 Å². The van der Waals surface area contributed by atoms with E-state index >= 15 is 0 Å². The molecule has 1 heterocycles. The van der Waals surface area contributed by atoms with E-state index < -0.39 is 17.7 Å². The molecule has 0 aliphatic carbocycles. The van der Waals surface area contributed by atoms with E-state index in [9.17, 15) is 19.2 Å². The molecule has 2 aromatic rings. The smallest absolute Gasteiger partial charge is 0.280 e. The van der Waals surface area contributed by atoms with Crippen molar-refractivity contribution in [3.8, 4) is 0 Å². The molecule has 0 saturated heterocycles. The summed E-state index contributed by atoms with van der Waals surface area (Å²) >= 11 is 0. The quantitative estimate of drug-likeness (QED) is 0.809. The van der Waals surface area contributed by atoms with Crippen LogP contribution in [0.5, 0.6) is 0 Å². The number of carbonyl (C=O) groups excluding carboxylic acids is 4. The highest BCUT2D eigenvalue weighted by atomic mass is 16.2. The van der Waals surface area contributed by atoms with Crippen molar-refractivity contribution in [2.45, 2.75) is 19.8 Å². The van der Waals surface area contributed by atoms with Crippen LogP contribution < -0.4 is 10.7 Å².